The van der Waals surface area contributed by atoms with Gasteiger partial charge in [-0.05, 0) is 49.9 Å². The zero-order valence-corrected chi connectivity index (χ0v) is 23.3. The number of carbonyl (C=O) groups excluding carboxylic acids is 2. The van der Waals surface area contributed by atoms with Crippen LogP contribution in [-0.2, 0) is 32.2 Å². The predicted molar refractivity (Wildman–Crippen MR) is 142 cm³/mol. The van der Waals surface area contributed by atoms with Crippen molar-refractivity contribution in [1.29, 1.82) is 0 Å². The normalized spacial score (nSPS) is 13.5. The van der Waals surface area contributed by atoms with Gasteiger partial charge in [-0.1, -0.05) is 55.8 Å². The molecule has 0 aromatic heterocycles. The Kier molecular flexibility index (Phi) is 11.0. The summed E-state index contributed by atoms with van der Waals surface area (Å²) in [5, 5.41) is 2.58. The van der Waals surface area contributed by atoms with E-state index in [2.05, 4.69) is 5.32 Å². The largest absolute Gasteiger partial charge is 0.416 e. The number of hydrogen-bond acceptors (Lipinski definition) is 4. The molecule has 12 heteroatoms. The lowest BCUT2D eigenvalue weighted by Crippen LogP contribution is -2.54. The van der Waals surface area contributed by atoms with Crippen molar-refractivity contribution in [3.05, 3.63) is 64.7 Å². The van der Waals surface area contributed by atoms with E-state index >= 15 is 0 Å². The third kappa shape index (κ3) is 8.62. The molecule has 2 atom stereocenters. The molecule has 0 saturated carbocycles. The lowest BCUT2D eigenvalue weighted by molar-refractivity contribution is -0.139. The fraction of sp³-hybridized carbons (Fsp3) is 0.462. The number of rotatable bonds is 12. The van der Waals surface area contributed by atoms with Crippen LogP contribution in [0.25, 0.3) is 0 Å². The zero-order valence-electron chi connectivity index (χ0n) is 21.8. The summed E-state index contributed by atoms with van der Waals surface area (Å²) in [6.07, 6.45) is -2.70. The molecule has 2 aromatic carbocycles. The van der Waals surface area contributed by atoms with Gasteiger partial charge < -0.3 is 10.2 Å². The summed E-state index contributed by atoms with van der Waals surface area (Å²) in [6.45, 7) is 4.70. The minimum absolute atomic E-state index is 0.0865. The number of nitrogens with zero attached hydrogens (tertiary/aromatic N) is 2. The van der Waals surface area contributed by atoms with Crippen LogP contribution < -0.4 is 9.62 Å². The molecule has 0 spiro atoms. The fourth-order valence-corrected chi connectivity index (χ4v) is 4.93. The van der Waals surface area contributed by atoms with Gasteiger partial charge in [0.15, 0.2) is 0 Å². The van der Waals surface area contributed by atoms with Crippen molar-refractivity contribution in [1.82, 2.24) is 10.2 Å². The molecule has 0 heterocycles. The summed E-state index contributed by atoms with van der Waals surface area (Å²) in [7, 11) is -4.24. The highest BCUT2D eigenvalue weighted by atomic mass is 35.5. The van der Waals surface area contributed by atoms with E-state index in [4.69, 9.17) is 11.6 Å². The lowest BCUT2D eigenvalue weighted by Gasteiger charge is -2.33. The van der Waals surface area contributed by atoms with E-state index in [1.807, 2.05) is 44.2 Å². The molecule has 0 aliphatic heterocycles. The van der Waals surface area contributed by atoms with Crippen LogP contribution in [0.2, 0.25) is 5.02 Å². The third-order valence-corrected chi connectivity index (χ3v) is 7.54. The topological polar surface area (TPSA) is 86.8 Å². The summed E-state index contributed by atoms with van der Waals surface area (Å²) in [6, 6.07) is 10.4. The molecule has 0 fully saturated rings. The Morgan fingerprint density at radius 3 is 2.21 bits per heavy atom. The average Bonchev–Trinajstić information content (AvgIpc) is 2.84. The first kappa shape index (κ1) is 31.4. The monoisotopic (exact) mass is 575 g/mol. The van der Waals surface area contributed by atoms with Gasteiger partial charge in [0.1, 0.15) is 12.6 Å². The van der Waals surface area contributed by atoms with Gasteiger partial charge in [-0.2, -0.15) is 13.2 Å². The quantitative estimate of drug-likeness (QED) is 0.390. The second kappa shape index (κ2) is 13.3. The Morgan fingerprint density at radius 1 is 1.05 bits per heavy atom. The number of alkyl halides is 3. The van der Waals surface area contributed by atoms with Crippen molar-refractivity contribution in [2.24, 2.45) is 0 Å². The van der Waals surface area contributed by atoms with Gasteiger partial charge in [0.25, 0.3) is 0 Å². The van der Waals surface area contributed by atoms with Gasteiger partial charge in [0.2, 0.25) is 21.8 Å². The van der Waals surface area contributed by atoms with Crippen LogP contribution in [0.15, 0.2) is 48.5 Å². The van der Waals surface area contributed by atoms with Crippen LogP contribution in [0.4, 0.5) is 18.9 Å². The van der Waals surface area contributed by atoms with Gasteiger partial charge in [-0.3, -0.25) is 13.9 Å². The van der Waals surface area contributed by atoms with E-state index in [0.717, 1.165) is 24.0 Å². The second-order valence-corrected chi connectivity index (χ2v) is 11.3. The molecule has 1 N–H and O–H groups in total. The molecule has 0 aliphatic carbocycles. The molecular weight excluding hydrogens is 543 g/mol. The smallest absolute Gasteiger partial charge is 0.352 e. The Labute approximate surface area is 227 Å². The SMILES string of the molecule is CC[C@@H](C)NC(=O)[C@H](CC)N(CCc1ccccc1)C(=O)CN(c1cc(C(F)(F)F)ccc1Cl)S(C)(=O)=O. The number of benzene rings is 2. The number of carbonyl (C=O) groups is 2. The molecule has 2 amide bonds. The molecule has 0 radical (unpaired) electrons. The number of hydrogen-bond donors (Lipinski definition) is 1. The molecule has 0 unspecified atom stereocenters. The summed E-state index contributed by atoms with van der Waals surface area (Å²) in [5.41, 5.74) is -0.695. The van der Waals surface area contributed by atoms with Gasteiger partial charge in [0.05, 0.1) is 22.5 Å². The molecule has 0 saturated heterocycles. The van der Waals surface area contributed by atoms with Crippen LogP contribution in [0.1, 0.15) is 44.7 Å². The first-order valence-corrected chi connectivity index (χ1v) is 14.4. The Balaban J connectivity index is 2.47. The maximum atomic E-state index is 13.6. The minimum atomic E-state index is -4.75. The van der Waals surface area contributed by atoms with Gasteiger partial charge in [-0.15, -0.1) is 0 Å². The van der Waals surface area contributed by atoms with Crippen molar-refractivity contribution in [2.75, 3.05) is 23.7 Å². The highest BCUT2D eigenvalue weighted by molar-refractivity contribution is 7.92. The highest BCUT2D eigenvalue weighted by Crippen LogP contribution is 2.36. The van der Waals surface area contributed by atoms with E-state index in [-0.39, 0.29) is 24.0 Å². The number of sulfonamides is 1. The van der Waals surface area contributed by atoms with Crippen LogP contribution >= 0.6 is 11.6 Å². The van der Waals surface area contributed by atoms with Crippen molar-refractivity contribution >= 4 is 39.1 Å². The summed E-state index contributed by atoms with van der Waals surface area (Å²) >= 11 is 6.10. The van der Waals surface area contributed by atoms with E-state index in [9.17, 15) is 31.2 Å². The number of halogens is 4. The van der Waals surface area contributed by atoms with E-state index < -0.39 is 51.9 Å². The Hall–Kier alpha value is -2.79. The first-order chi connectivity index (χ1) is 17.7. The van der Waals surface area contributed by atoms with Crippen molar-refractivity contribution in [2.45, 2.75) is 58.3 Å². The van der Waals surface area contributed by atoms with Crippen LogP contribution in [0.5, 0.6) is 0 Å². The molecule has 0 aliphatic rings. The number of amides is 2. The average molecular weight is 576 g/mol. The van der Waals surface area contributed by atoms with E-state index in [1.165, 1.54) is 4.90 Å². The molecule has 2 aromatic rings. The third-order valence-electron chi connectivity index (χ3n) is 6.09. The highest BCUT2D eigenvalue weighted by Gasteiger charge is 2.35. The second-order valence-electron chi connectivity index (χ2n) is 9.00. The summed E-state index contributed by atoms with van der Waals surface area (Å²) in [5.74, 6) is -1.14. The lowest BCUT2D eigenvalue weighted by atomic mass is 10.1. The predicted octanol–water partition coefficient (Wildman–Crippen LogP) is 4.89. The maximum Gasteiger partial charge on any atom is 0.416 e. The van der Waals surface area contributed by atoms with Crippen LogP contribution in [-0.4, -0.2) is 56.6 Å². The van der Waals surface area contributed by atoms with Gasteiger partial charge in [-0.25, -0.2) is 8.42 Å². The van der Waals surface area contributed by atoms with Gasteiger partial charge in [0, 0.05) is 12.6 Å². The Morgan fingerprint density at radius 2 is 1.68 bits per heavy atom. The minimum Gasteiger partial charge on any atom is -0.352 e. The van der Waals surface area contributed by atoms with Crippen molar-refractivity contribution in [3.8, 4) is 0 Å². The Bertz CT molecular complexity index is 1210. The molecule has 0 bridgehead atoms. The zero-order chi connectivity index (χ0) is 28.7. The van der Waals surface area contributed by atoms with E-state index in [1.54, 1.807) is 6.92 Å². The van der Waals surface area contributed by atoms with Gasteiger partial charge >= 0.3 is 6.18 Å². The summed E-state index contributed by atoms with van der Waals surface area (Å²) < 4.78 is 66.0. The van der Waals surface area contributed by atoms with E-state index in [0.29, 0.717) is 23.2 Å². The first-order valence-electron chi connectivity index (χ1n) is 12.2. The van der Waals surface area contributed by atoms with Crippen molar-refractivity contribution < 1.29 is 31.2 Å². The molecule has 2 rings (SSSR count). The maximum absolute atomic E-state index is 13.6. The molecule has 210 valence electrons. The van der Waals surface area contributed by atoms with Crippen molar-refractivity contribution in [3.63, 3.8) is 0 Å². The molecular formula is C26H33ClF3N3O4S. The fourth-order valence-electron chi connectivity index (χ4n) is 3.81. The molecule has 7 nitrogen and oxygen atoms in total. The number of nitrogens with one attached hydrogen (secondary N) is 1. The standard InChI is InChI=1S/C26H33ClF3N3O4S/c1-5-18(3)31-25(35)22(6-2)32(15-14-19-10-8-7-9-11-19)24(34)17-33(38(4,36)37)23-16-20(26(28,29)30)12-13-21(23)27/h7-13,16,18,22H,5-6,14-15,17H2,1-4H3,(H,31,35)/t18-,22+/m1/s1. The molecule has 38 heavy (non-hydrogen) atoms. The van der Waals surface area contributed by atoms with Crippen LogP contribution in [0, 0.1) is 0 Å². The van der Waals surface area contributed by atoms with Crippen LogP contribution in [0.3, 0.4) is 0 Å². The summed E-state index contributed by atoms with van der Waals surface area (Å²) in [4.78, 5) is 28.0. The number of anilines is 1.